The topological polar surface area (TPSA) is 145 Å². The molecule has 25 heavy (non-hydrogen) atoms. The van der Waals surface area contributed by atoms with Crippen LogP contribution >= 0.6 is 23.5 Å². The second kappa shape index (κ2) is 6.17. The van der Waals surface area contributed by atoms with E-state index >= 15 is 0 Å². The first-order chi connectivity index (χ1) is 11.7. The van der Waals surface area contributed by atoms with Crippen molar-refractivity contribution >= 4 is 23.5 Å². The summed E-state index contributed by atoms with van der Waals surface area (Å²) in [4.78, 5) is 9.88. The van der Waals surface area contributed by atoms with Crippen LogP contribution in [-0.4, -0.2) is 57.7 Å². The highest BCUT2D eigenvalue weighted by Crippen LogP contribution is 2.62. The summed E-state index contributed by atoms with van der Waals surface area (Å²) >= 11 is 0. The molecule has 4 bridgehead atoms. The van der Waals surface area contributed by atoms with Crippen LogP contribution in [0.25, 0.3) is 0 Å². The summed E-state index contributed by atoms with van der Waals surface area (Å²) < 4.78 is 75.4. The molecule has 1 N–H and O–H groups in total. The highest BCUT2D eigenvalue weighted by molar-refractivity contribution is 7.49. The van der Waals surface area contributed by atoms with E-state index in [1.165, 1.54) is 0 Å². The Kier molecular flexibility index (Phi) is 4.61. The molecule has 6 aliphatic heterocycles. The number of phosphoric acid groups is 3. The van der Waals surface area contributed by atoms with Crippen molar-refractivity contribution in [1.82, 2.24) is 0 Å². The first-order valence-corrected chi connectivity index (χ1v) is 11.8. The van der Waals surface area contributed by atoms with Crippen molar-refractivity contribution < 1.29 is 54.8 Å². The van der Waals surface area contributed by atoms with Gasteiger partial charge in [-0.05, 0) is 0 Å². The molecular weight excluding hydrogens is 405 g/mol. The molecule has 15 heteroatoms. The standard InChI is InChI=1S/C10H17O12P3/c11-23(12,15-1-9-3-17-24(13,18-4-9)19-5-9)16-2-10-6-20-25(14,21-7-10)22-8-10/h1-8H2,(H,11,12). The van der Waals surface area contributed by atoms with Gasteiger partial charge in [0.25, 0.3) is 0 Å². The van der Waals surface area contributed by atoms with Gasteiger partial charge in [-0.1, -0.05) is 0 Å². The van der Waals surface area contributed by atoms with Gasteiger partial charge in [-0.2, -0.15) is 0 Å². The van der Waals surface area contributed by atoms with Gasteiger partial charge < -0.3 is 4.89 Å². The Balaban J connectivity index is 1.30. The Morgan fingerprint density at radius 1 is 0.760 bits per heavy atom. The van der Waals surface area contributed by atoms with Crippen molar-refractivity contribution in [3.63, 3.8) is 0 Å². The van der Waals surface area contributed by atoms with E-state index < -0.39 is 34.3 Å². The molecule has 0 aromatic carbocycles. The maximum Gasteiger partial charge on any atom is 0.474 e. The summed E-state index contributed by atoms with van der Waals surface area (Å²) in [5.74, 6) is 0. The second-order valence-corrected chi connectivity index (χ2v) is 11.3. The Morgan fingerprint density at radius 3 is 1.32 bits per heavy atom. The molecule has 6 rings (SSSR count). The molecule has 0 aromatic heterocycles. The van der Waals surface area contributed by atoms with E-state index in [2.05, 4.69) is 0 Å². The van der Waals surface area contributed by atoms with E-state index in [0.717, 1.165) is 0 Å². The third kappa shape index (κ3) is 3.82. The molecule has 0 aromatic rings. The molecule has 0 atom stereocenters. The fraction of sp³-hybridized carbons (Fsp3) is 1.00. The van der Waals surface area contributed by atoms with Gasteiger partial charge in [0.15, 0.2) is 0 Å². The van der Waals surface area contributed by atoms with Crippen LogP contribution in [-0.2, 0) is 49.9 Å². The molecule has 0 aliphatic carbocycles. The Morgan fingerprint density at radius 2 is 1.04 bits per heavy atom. The predicted octanol–water partition coefficient (Wildman–Crippen LogP) is 1.46. The van der Waals surface area contributed by atoms with E-state index in [-0.39, 0.29) is 52.9 Å². The quantitative estimate of drug-likeness (QED) is 0.619. The third-order valence-electron chi connectivity index (χ3n) is 4.24. The monoisotopic (exact) mass is 422 g/mol. The minimum Gasteiger partial charge on any atom is -0.302 e. The normalized spacial score (nSPS) is 48.4. The number of fused-ring (bicyclic) bond motifs is 6. The molecule has 0 amide bonds. The van der Waals surface area contributed by atoms with Gasteiger partial charge in [-0.25, -0.2) is 13.7 Å². The molecule has 0 radical (unpaired) electrons. The van der Waals surface area contributed by atoms with Crippen LogP contribution in [0.3, 0.4) is 0 Å². The van der Waals surface area contributed by atoms with Crippen molar-refractivity contribution in [2.75, 3.05) is 52.9 Å². The zero-order valence-corrected chi connectivity index (χ0v) is 15.6. The Hall–Kier alpha value is 0.330. The van der Waals surface area contributed by atoms with Crippen molar-refractivity contribution in [3.8, 4) is 0 Å². The van der Waals surface area contributed by atoms with Gasteiger partial charge in [0.2, 0.25) is 0 Å². The molecule has 6 aliphatic rings. The van der Waals surface area contributed by atoms with Gasteiger partial charge in [-0.15, -0.1) is 0 Å². The Labute approximate surface area is 142 Å². The summed E-state index contributed by atoms with van der Waals surface area (Å²) in [5.41, 5.74) is -1.66. The third-order valence-corrected chi connectivity index (χ3v) is 7.82. The highest BCUT2D eigenvalue weighted by Gasteiger charge is 2.53. The van der Waals surface area contributed by atoms with E-state index in [0.29, 0.717) is 0 Å². The maximum atomic E-state index is 12.1. The van der Waals surface area contributed by atoms with Crippen LogP contribution in [0.4, 0.5) is 0 Å². The summed E-state index contributed by atoms with van der Waals surface area (Å²) in [7, 11) is -11.3. The number of phosphoric ester groups is 3. The molecule has 6 fully saturated rings. The Bertz CT molecular complexity index is 576. The van der Waals surface area contributed by atoms with E-state index in [1.807, 2.05) is 0 Å². The molecule has 6 heterocycles. The van der Waals surface area contributed by atoms with Crippen LogP contribution in [0, 0.1) is 10.8 Å². The van der Waals surface area contributed by atoms with Crippen molar-refractivity contribution in [2.24, 2.45) is 10.8 Å². The first kappa shape index (κ1) is 18.7. The molecule has 0 spiro atoms. The minimum absolute atomic E-state index is 0.0268. The predicted molar refractivity (Wildman–Crippen MR) is 77.5 cm³/mol. The molecule has 12 nitrogen and oxygen atoms in total. The summed E-state index contributed by atoms with van der Waals surface area (Å²) in [6.07, 6.45) is 0. The number of rotatable bonds is 6. The highest BCUT2D eigenvalue weighted by atomic mass is 31.2. The van der Waals surface area contributed by atoms with Crippen LogP contribution in [0.2, 0.25) is 0 Å². The van der Waals surface area contributed by atoms with Gasteiger partial charge in [0.1, 0.15) is 0 Å². The SMILES string of the molecule is O=P(O)(OCC12COP(=O)(OC1)OC2)OCC12COP(=O)(OC1)OC2. The van der Waals surface area contributed by atoms with Crippen LogP contribution in [0.15, 0.2) is 0 Å². The van der Waals surface area contributed by atoms with E-state index in [9.17, 15) is 18.6 Å². The lowest BCUT2D eigenvalue weighted by Gasteiger charge is -2.44. The fourth-order valence-corrected chi connectivity index (χ4v) is 6.48. The minimum atomic E-state index is -4.41. The molecule has 6 saturated heterocycles. The second-order valence-electron chi connectivity index (χ2n) is 6.55. The van der Waals surface area contributed by atoms with Crippen molar-refractivity contribution in [2.45, 2.75) is 0 Å². The summed E-state index contributed by atoms with van der Waals surface area (Å²) in [6.45, 7) is -0.326. The number of hydrogen-bond donors (Lipinski definition) is 1. The van der Waals surface area contributed by atoms with Crippen LogP contribution in [0.1, 0.15) is 0 Å². The molecule has 144 valence electrons. The lowest BCUT2D eigenvalue weighted by Crippen LogP contribution is -2.48. The molecule has 0 saturated carbocycles. The van der Waals surface area contributed by atoms with E-state index in [4.69, 9.17) is 36.2 Å². The zero-order chi connectivity index (χ0) is 17.8. The summed E-state index contributed by atoms with van der Waals surface area (Å²) in [6, 6.07) is 0. The van der Waals surface area contributed by atoms with Crippen LogP contribution < -0.4 is 0 Å². The first-order valence-electron chi connectivity index (χ1n) is 7.35. The molecule has 0 unspecified atom stereocenters. The van der Waals surface area contributed by atoms with Gasteiger partial charge in [-0.3, -0.25) is 36.2 Å². The average Bonchev–Trinajstić information content (AvgIpc) is 2.62. The lowest BCUT2D eigenvalue weighted by atomic mass is 9.93. The molecular formula is C10H17O12P3. The summed E-state index contributed by atoms with van der Waals surface area (Å²) in [5, 5.41) is 0. The van der Waals surface area contributed by atoms with E-state index in [1.54, 1.807) is 0 Å². The fourth-order valence-electron chi connectivity index (χ4n) is 2.49. The van der Waals surface area contributed by atoms with Crippen molar-refractivity contribution in [1.29, 1.82) is 0 Å². The van der Waals surface area contributed by atoms with Crippen LogP contribution in [0.5, 0.6) is 0 Å². The zero-order valence-electron chi connectivity index (χ0n) is 12.9. The van der Waals surface area contributed by atoms with Gasteiger partial charge in [0, 0.05) is 0 Å². The average molecular weight is 422 g/mol. The number of hydrogen-bond acceptors (Lipinski definition) is 11. The lowest BCUT2D eigenvalue weighted by molar-refractivity contribution is -0.121. The maximum absolute atomic E-state index is 12.1. The van der Waals surface area contributed by atoms with Gasteiger partial charge in [0.05, 0.1) is 63.7 Å². The largest absolute Gasteiger partial charge is 0.474 e. The smallest absolute Gasteiger partial charge is 0.302 e. The van der Waals surface area contributed by atoms with Crippen molar-refractivity contribution in [3.05, 3.63) is 0 Å². The van der Waals surface area contributed by atoms with Gasteiger partial charge >= 0.3 is 23.5 Å².